The molecular weight excluding hydrogens is 275 g/mol. The van der Waals surface area contributed by atoms with Crippen LogP contribution in [0.4, 0.5) is 4.39 Å². The lowest BCUT2D eigenvalue weighted by Gasteiger charge is -2.19. The summed E-state index contributed by atoms with van der Waals surface area (Å²) in [6.07, 6.45) is 2.53. The van der Waals surface area contributed by atoms with E-state index in [1.54, 1.807) is 6.07 Å². The fourth-order valence-corrected chi connectivity index (χ4v) is 2.58. The lowest BCUT2D eigenvalue weighted by molar-refractivity contribution is 0.570. The summed E-state index contributed by atoms with van der Waals surface area (Å²) in [4.78, 5) is 4.51. The van der Waals surface area contributed by atoms with Crippen LogP contribution in [0.5, 0.6) is 0 Å². The van der Waals surface area contributed by atoms with Gasteiger partial charge in [0.15, 0.2) is 0 Å². The van der Waals surface area contributed by atoms with Gasteiger partial charge in [0.25, 0.3) is 0 Å². The largest absolute Gasteiger partial charge is 0.311 e. The molecule has 1 heterocycles. The van der Waals surface area contributed by atoms with Crippen LogP contribution in [0.3, 0.4) is 0 Å². The Bertz CT molecular complexity index is 613. The van der Waals surface area contributed by atoms with Gasteiger partial charge in [-0.05, 0) is 56.1 Å². The van der Waals surface area contributed by atoms with Crippen LogP contribution in [0.1, 0.15) is 28.4 Å². The molecule has 2 rings (SSSR count). The van der Waals surface area contributed by atoms with Crippen molar-refractivity contribution in [2.24, 2.45) is 0 Å². The topological polar surface area (TPSA) is 24.9 Å². The van der Waals surface area contributed by atoms with Gasteiger partial charge in [-0.25, -0.2) is 4.39 Å². The fourth-order valence-electron chi connectivity index (χ4n) is 2.33. The third kappa shape index (κ3) is 3.35. The molecule has 2 aromatic rings. The minimum absolute atomic E-state index is 0.0542. The second kappa shape index (κ2) is 6.33. The van der Waals surface area contributed by atoms with Crippen LogP contribution in [0.2, 0.25) is 5.02 Å². The van der Waals surface area contributed by atoms with Crippen LogP contribution in [-0.4, -0.2) is 12.0 Å². The van der Waals surface area contributed by atoms with E-state index in [2.05, 4.69) is 16.4 Å². The molecule has 1 aromatic heterocycles. The Balaban J connectivity index is 2.28. The predicted octanol–water partition coefficient (Wildman–Crippen LogP) is 3.99. The first-order valence-corrected chi connectivity index (χ1v) is 6.93. The number of nitrogens with zero attached hydrogens (tertiary/aromatic N) is 1. The molecule has 0 fully saturated rings. The van der Waals surface area contributed by atoms with E-state index in [4.69, 9.17) is 11.6 Å². The van der Waals surface area contributed by atoms with Crippen molar-refractivity contribution in [3.63, 3.8) is 0 Å². The second-order valence-corrected chi connectivity index (χ2v) is 5.40. The monoisotopic (exact) mass is 292 g/mol. The molecule has 0 saturated heterocycles. The van der Waals surface area contributed by atoms with Gasteiger partial charge in [-0.1, -0.05) is 23.7 Å². The van der Waals surface area contributed by atoms with Gasteiger partial charge in [0, 0.05) is 11.2 Å². The first-order chi connectivity index (χ1) is 9.51. The molecule has 0 amide bonds. The molecule has 1 N–H and O–H groups in total. The van der Waals surface area contributed by atoms with Crippen LogP contribution in [0, 0.1) is 19.7 Å². The van der Waals surface area contributed by atoms with Gasteiger partial charge < -0.3 is 5.32 Å². The van der Waals surface area contributed by atoms with Gasteiger partial charge in [0.05, 0.1) is 11.7 Å². The fraction of sp³-hybridized carbons (Fsp3) is 0.312. The molecule has 106 valence electrons. The van der Waals surface area contributed by atoms with Gasteiger partial charge >= 0.3 is 0 Å². The van der Waals surface area contributed by atoms with E-state index in [-0.39, 0.29) is 11.9 Å². The molecule has 1 aromatic carbocycles. The van der Waals surface area contributed by atoms with Gasteiger partial charge in [-0.3, -0.25) is 4.98 Å². The number of aromatic nitrogens is 1. The standard InChI is InChI=1S/C16H18ClFN2/c1-10-6-11(2)16(20-9-10)15(19-3)7-12-4-5-13(18)8-14(12)17/h4-6,8-9,15,19H,7H2,1-3H3. The number of halogens is 2. The van der Waals surface area contributed by atoms with E-state index in [0.29, 0.717) is 11.4 Å². The van der Waals surface area contributed by atoms with Crippen molar-refractivity contribution in [2.45, 2.75) is 26.3 Å². The zero-order chi connectivity index (χ0) is 14.7. The molecule has 0 aliphatic heterocycles. The lowest BCUT2D eigenvalue weighted by atomic mass is 9.99. The van der Waals surface area contributed by atoms with Crippen LogP contribution in [-0.2, 0) is 6.42 Å². The summed E-state index contributed by atoms with van der Waals surface area (Å²) in [5.74, 6) is -0.315. The normalized spacial score (nSPS) is 12.4. The zero-order valence-corrected chi connectivity index (χ0v) is 12.6. The van der Waals surface area contributed by atoms with Gasteiger partial charge in [-0.2, -0.15) is 0 Å². The number of aryl methyl sites for hydroxylation is 2. The van der Waals surface area contributed by atoms with Gasteiger partial charge in [-0.15, -0.1) is 0 Å². The Labute approximate surface area is 124 Å². The minimum atomic E-state index is -0.315. The SMILES string of the molecule is CNC(Cc1ccc(F)cc1Cl)c1ncc(C)cc1C. The summed E-state index contributed by atoms with van der Waals surface area (Å²) in [5.41, 5.74) is 4.19. The van der Waals surface area contributed by atoms with E-state index in [0.717, 1.165) is 22.4 Å². The maximum Gasteiger partial charge on any atom is 0.124 e. The van der Waals surface area contributed by atoms with Crippen molar-refractivity contribution in [3.8, 4) is 0 Å². The Kier molecular flexibility index (Phi) is 4.73. The van der Waals surface area contributed by atoms with Gasteiger partial charge in [0.2, 0.25) is 0 Å². The smallest absolute Gasteiger partial charge is 0.124 e. The highest BCUT2D eigenvalue weighted by atomic mass is 35.5. The van der Waals surface area contributed by atoms with Crippen LogP contribution in [0.25, 0.3) is 0 Å². The summed E-state index contributed by atoms with van der Waals surface area (Å²) in [6.45, 7) is 4.07. The highest BCUT2D eigenvalue weighted by molar-refractivity contribution is 6.31. The van der Waals surface area contributed by atoms with E-state index in [1.165, 1.54) is 12.1 Å². The number of nitrogens with one attached hydrogen (secondary N) is 1. The van der Waals surface area contributed by atoms with Crippen molar-refractivity contribution in [3.05, 3.63) is 63.7 Å². The van der Waals surface area contributed by atoms with Crippen LogP contribution in [0.15, 0.2) is 30.5 Å². The highest BCUT2D eigenvalue weighted by Gasteiger charge is 2.16. The third-order valence-corrected chi connectivity index (χ3v) is 3.72. The molecule has 0 aliphatic rings. The first-order valence-electron chi connectivity index (χ1n) is 6.55. The third-order valence-electron chi connectivity index (χ3n) is 3.37. The molecule has 20 heavy (non-hydrogen) atoms. The number of hydrogen-bond donors (Lipinski definition) is 1. The molecule has 1 atom stereocenters. The molecule has 2 nitrogen and oxygen atoms in total. The maximum absolute atomic E-state index is 13.1. The van der Waals surface area contributed by atoms with Gasteiger partial charge in [0.1, 0.15) is 5.82 Å². The maximum atomic E-state index is 13.1. The quantitative estimate of drug-likeness (QED) is 0.921. The number of rotatable bonds is 4. The van der Waals surface area contributed by atoms with Crippen molar-refractivity contribution < 1.29 is 4.39 Å². The summed E-state index contributed by atoms with van der Waals surface area (Å²) < 4.78 is 13.1. The summed E-state index contributed by atoms with van der Waals surface area (Å²) in [5, 5.41) is 3.71. The average Bonchev–Trinajstić information content (AvgIpc) is 2.39. The predicted molar refractivity (Wildman–Crippen MR) is 80.6 cm³/mol. The minimum Gasteiger partial charge on any atom is -0.311 e. The Morgan fingerprint density at radius 2 is 2.05 bits per heavy atom. The molecule has 0 spiro atoms. The number of likely N-dealkylation sites (N-methyl/N-ethyl adjacent to an activating group) is 1. The molecular formula is C16H18ClFN2. The summed E-state index contributed by atoms with van der Waals surface area (Å²) in [7, 11) is 1.89. The Morgan fingerprint density at radius 3 is 2.65 bits per heavy atom. The Hall–Kier alpha value is -1.45. The summed E-state index contributed by atoms with van der Waals surface area (Å²) in [6, 6.07) is 6.67. The van der Waals surface area contributed by atoms with E-state index in [1.807, 2.05) is 27.1 Å². The highest BCUT2D eigenvalue weighted by Crippen LogP contribution is 2.25. The number of hydrogen-bond acceptors (Lipinski definition) is 2. The molecule has 0 radical (unpaired) electrons. The van der Waals surface area contributed by atoms with E-state index in [9.17, 15) is 4.39 Å². The number of pyridine rings is 1. The van der Waals surface area contributed by atoms with E-state index >= 15 is 0 Å². The van der Waals surface area contributed by atoms with Crippen molar-refractivity contribution in [2.75, 3.05) is 7.05 Å². The zero-order valence-electron chi connectivity index (χ0n) is 11.9. The lowest BCUT2D eigenvalue weighted by Crippen LogP contribution is -2.21. The number of benzene rings is 1. The van der Waals surface area contributed by atoms with Crippen LogP contribution >= 0.6 is 11.6 Å². The van der Waals surface area contributed by atoms with Crippen LogP contribution < -0.4 is 5.32 Å². The van der Waals surface area contributed by atoms with E-state index < -0.39 is 0 Å². The molecule has 0 saturated carbocycles. The van der Waals surface area contributed by atoms with Crippen molar-refractivity contribution in [1.29, 1.82) is 0 Å². The van der Waals surface area contributed by atoms with Crippen molar-refractivity contribution >= 4 is 11.6 Å². The Morgan fingerprint density at radius 1 is 1.30 bits per heavy atom. The average molecular weight is 293 g/mol. The summed E-state index contributed by atoms with van der Waals surface area (Å²) >= 11 is 6.09. The molecule has 1 unspecified atom stereocenters. The first kappa shape index (κ1) is 14.9. The second-order valence-electron chi connectivity index (χ2n) is 5.00. The molecule has 0 aliphatic carbocycles. The van der Waals surface area contributed by atoms with Crippen molar-refractivity contribution in [1.82, 2.24) is 10.3 Å². The molecule has 4 heteroatoms. The molecule has 0 bridgehead atoms.